The van der Waals surface area contributed by atoms with Gasteiger partial charge in [0.25, 0.3) is 0 Å². The summed E-state index contributed by atoms with van der Waals surface area (Å²) in [5.74, 6) is 0.227. The molecule has 0 aliphatic heterocycles. The molecular formula is C11H21F3N2. The maximum Gasteiger partial charge on any atom is 0.401 e. The molecule has 0 radical (unpaired) electrons. The first kappa shape index (κ1) is 13.8. The van der Waals surface area contributed by atoms with Crippen molar-refractivity contribution in [2.24, 2.45) is 11.7 Å². The molecule has 1 aliphatic carbocycles. The number of hydrogen-bond donors (Lipinski definition) is 1. The molecule has 2 nitrogen and oxygen atoms in total. The average molecular weight is 238 g/mol. The maximum atomic E-state index is 12.5. The van der Waals surface area contributed by atoms with E-state index in [0.717, 1.165) is 19.3 Å². The quantitative estimate of drug-likeness (QED) is 0.814. The lowest BCUT2D eigenvalue weighted by Crippen LogP contribution is -2.48. The van der Waals surface area contributed by atoms with E-state index in [1.807, 2.05) is 13.8 Å². The van der Waals surface area contributed by atoms with Gasteiger partial charge in [0.1, 0.15) is 0 Å². The van der Waals surface area contributed by atoms with Crippen LogP contribution in [0.2, 0.25) is 0 Å². The van der Waals surface area contributed by atoms with E-state index < -0.39 is 12.7 Å². The minimum atomic E-state index is -4.12. The molecule has 96 valence electrons. The van der Waals surface area contributed by atoms with Crippen molar-refractivity contribution in [2.75, 3.05) is 13.1 Å². The van der Waals surface area contributed by atoms with Crippen molar-refractivity contribution >= 4 is 0 Å². The van der Waals surface area contributed by atoms with Crippen molar-refractivity contribution in [1.82, 2.24) is 4.90 Å². The van der Waals surface area contributed by atoms with Gasteiger partial charge in [0.15, 0.2) is 0 Å². The zero-order chi connectivity index (χ0) is 12.3. The van der Waals surface area contributed by atoms with Crippen molar-refractivity contribution < 1.29 is 13.2 Å². The molecule has 5 heteroatoms. The molecule has 2 N–H and O–H groups in total. The van der Waals surface area contributed by atoms with Gasteiger partial charge < -0.3 is 5.73 Å². The van der Waals surface area contributed by atoms with E-state index in [9.17, 15) is 13.2 Å². The normalized spacial score (nSPS) is 27.0. The molecule has 0 aromatic rings. The van der Waals surface area contributed by atoms with Gasteiger partial charge in [-0.1, -0.05) is 6.42 Å². The van der Waals surface area contributed by atoms with Crippen LogP contribution in [0.15, 0.2) is 0 Å². The Morgan fingerprint density at radius 1 is 1.31 bits per heavy atom. The molecule has 16 heavy (non-hydrogen) atoms. The highest BCUT2D eigenvalue weighted by Gasteiger charge is 2.39. The molecule has 2 atom stereocenters. The summed E-state index contributed by atoms with van der Waals surface area (Å²) in [5, 5.41) is 0. The summed E-state index contributed by atoms with van der Waals surface area (Å²) < 4.78 is 37.4. The van der Waals surface area contributed by atoms with E-state index in [-0.39, 0.29) is 18.0 Å². The lowest BCUT2D eigenvalue weighted by Gasteiger charge is -2.36. The van der Waals surface area contributed by atoms with Crippen LogP contribution in [0, 0.1) is 5.92 Å². The van der Waals surface area contributed by atoms with Gasteiger partial charge in [-0.15, -0.1) is 0 Å². The largest absolute Gasteiger partial charge is 0.401 e. The molecule has 0 aromatic carbocycles. The van der Waals surface area contributed by atoms with Gasteiger partial charge in [-0.2, -0.15) is 13.2 Å². The average Bonchev–Trinajstić information content (AvgIpc) is 2.59. The van der Waals surface area contributed by atoms with Crippen molar-refractivity contribution in [1.29, 1.82) is 0 Å². The summed E-state index contributed by atoms with van der Waals surface area (Å²) in [6, 6.07) is -0.0783. The molecule has 1 fully saturated rings. The van der Waals surface area contributed by atoms with E-state index in [4.69, 9.17) is 5.73 Å². The third-order valence-electron chi connectivity index (χ3n) is 3.37. The van der Waals surface area contributed by atoms with E-state index in [0.29, 0.717) is 6.54 Å². The smallest absolute Gasteiger partial charge is 0.330 e. The fraction of sp³-hybridized carbons (Fsp3) is 1.00. The molecule has 0 amide bonds. The van der Waals surface area contributed by atoms with E-state index in [1.54, 1.807) is 4.90 Å². The van der Waals surface area contributed by atoms with E-state index >= 15 is 0 Å². The SMILES string of the molecule is CC(C)N(CC(F)(F)F)C1CCCC1CN. The van der Waals surface area contributed by atoms with Crippen molar-refractivity contribution in [3.8, 4) is 0 Å². The van der Waals surface area contributed by atoms with Crippen LogP contribution in [0.5, 0.6) is 0 Å². The molecular weight excluding hydrogens is 217 g/mol. The molecule has 0 heterocycles. The summed E-state index contributed by atoms with van der Waals surface area (Å²) in [6.45, 7) is 3.31. The van der Waals surface area contributed by atoms with Crippen LogP contribution in [-0.4, -0.2) is 36.2 Å². The number of halogens is 3. The summed E-state index contributed by atoms with van der Waals surface area (Å²) >= 11 is 0. The van der Waals surface area contributed by atoms with Crippen LogP contribution in [0.1, 0.15) is 33.1 Å². The number of hydrogen-bond acceptors (Lipinski definition) is 2. The number of alkyl halides is 3. The van der Waals surface area contributed by atoms with Crippen LogP contribution in [0.25, 0.3) is 0 Å². The molecule has 2 unspecified atom stereocenters. The zero-order valence-electron chi connectivity index (χ0n) is 9.93. The van der Waals surface area contributed by atoms with Crippen LogP contribution in [0.4, 0.5) is 13.2 Å². The Bertz CT molecular complexity index is 216. The number of rotatable bonds is 4. The van der Waals surface area contributed by atoms with E-state index in [1.165, 1.54) is 0 Å². The van der Waals surface area contributed by atoms with Gasteiger partial charge in [-0.05, 0) is 39.2 Å². The Labute approximate surface area is 95.0 Å². The molecule has 0 spiro atoms. The van der Waals surface area contributed by atoms with Crippen molar-refractivity contribution in [2.45, 2.75) is 51.4 Å². The highest BCUT2D eigenvalue weighted by molar-refractivity contribution is 4.88. The monoisotopic (exact) mass is 238 g/mol. The van der Waals surface area contributed by atoms with Crippen molar-refractivity contribution in [3.63, 3.8) is 0 Å². The maximum absolute atomic E-state index is 12.5. The van der Waals surface area contributed by atoms with Gasteiger partial charge >= 0.3 is 6.18 Å². The highest BCUT2D eigenvalue weighted by atomic mass is 19.4. The summed E-state index contributed by atoms with van der Waals surface area (Å²) in [4.78, 5) is 1.56. The Morgan fingerprint density at radius 3 is 2.38 bits per heavy atom. The molecule has 0 saturated heterocycles. The molecule has 0 bridgehead atoms. The van der Waals surface area contributed by atoms with Gasteiger partial charge in [0, 0.05) is 12.1 Å². The minimum Gasteiger partial charge on any atom is -0.330 e. The van der Waals surface area contributed by atoms with E-state index in [2.05, 4.69) is 0 Å². The Hall–Kier alpha value is -0.290. The molecule has 0 aromatic heterocycles. The fourth-order valence-corrected chi connectivity index (χ4v) is 2.62. The van der Waals surface area contributed by atoms with Crippen molar-refractivity contribution in [3.05, 3.63) is 0 Å². The lowest BCUT2D eigenvalue weighted by atomic mass is 10.0. The lowest BCUT2D eigenvalue weighted by molar-refractivity contribution is -0.156. The van der Waals surface area contributed by atoms with Gasteiger partial charge in [-0.25, -0.2) is 0 Å². The fourth-order valence-electron chi connectivity index (χ4n) is 2.62. The first-order valence-corrected chi connectivity index (χ1v) is 5.87. The van der Waals surface area contributed by atoms with Crippen LogP contribution >= 0.6 is 0 Å². The first-order chi connectivity index (χ1) is 7.35. The molecule has 1 saturated carbocycles. The van der Waals surface area contributed by atoms with Gasteiger partial charge in [0.05, 0.1) is 6.54 Å². The Balaban J connectivity index is 2.69. The summed E-state index contributed by atoms with van der Waals surface area (Å²) in [5.41, 5.74) is 5.62. The second-order valence-corrected chi connectivity index (χ2v) is 4.88. The van der Waals surface area contributed by atoms with Crippen LogP contribution in [-0.2, 0) is 0 Å². The topological polar surface area (TPSA) is 29.3 Å². The highest BCUT2D eigenvalue weighted by Crippen LogP contribution is 2.32. The van der Waals surface area contributed by atoms with Gasteiger partial charge in [0.2, 0.25) is 0 Å². The minimum absolute atomic E-state index is 0.00613. The van der Waals surface area contributed by atoms with Gasteiger partial charge in [-0.3, -0.25) is 4.90 Å². The number of nitrogens with two attached hydrogens (primary N) is 1. The third-order valence-corrected chi connectivity index (χ3v) is 3.37. The summed E-state index contributed by atoms with van der Waals surface area (Å²) in [6.07, 6.45) is -1.32. The molecule has 1 rings (SSSR count). The predicted molar refractivity (Wildman–Crippen MR) is 58.1 cm³/mol. The molecule has 1 aliphatic rings. The summed E-state index contributed by atoms with van der Waals surface area (Å²) in [7, 11) is 0. The number of nitrogens with zero attached hydrogens (tertiary/aromatic N) is 1. The first-order valence-electron chi connectivity index (χ1n) is 5.87. The predicted octanol–water partition coefficient (Wildman–Crippen LogP) is 2.39. The Kier molecular flexibility index (Phi) is 4.62. The second kappa shape index (κ2) is 5.36. The Morgan fingerprint density at radius 2 is 1.94 bits per heavy atom. The third kappa shape index (κ3) is 3.63. The van der Waals surface area contributed by atoms with Crippen LogP contribution in [0.3, 0.4) is 0 Å². The second-order valence-electron chi connectivity index (χ2n) is 4.88. The van der Waals surface area contributed by atoms with Crippen LogP contribution < -0.4 is 5.73 Å². The zero-order valence-corrected chi connectivity index (χ0v) is 9.93. The standard InChI is InChI=1S/C11H21F3N2/c1-8(2)16(7-11(12,13)14)10-5-3-4-9(10)6-15/h8-10H,3-7,15H2,1-2H3.